The molecule has 1 amide bonds. The van der Waals surface area contributed by atoms with Gasteiger partial charge in [0.25, 0.3) is 5.91 Å². The number of halogens is 4. The number of aromatic nitrogens is 2. The monoisotopic (exact) mass is 579 g/mol. The van der Waals surface area contributed by atoms with E-state index in [-0.39, 0.29) is 48.2 Å². The Morgan fingerprint density at radius 3 is 2.40 bits per heavy atom. The Labute approximate surface area is 239 Å². The number of anilines is 1. The third kappa shape index (κ3) is 5.08. The minimum absolute atomic E-state index is 0.0250. The van der Waals surface area contributed by atoms with Crippen molar-refractivity contribution in [2.24, 2.45) is 5.73 Å². The normalized spacial score (nSPS) is 17.6. The molecule has 0 saturated carbocycles. The van der Waals surface area contributed by atoms with Crippen molar-refractivity contribution in [2.45, 2.75) is 38.2 Å². The fourth-order valence-corrected chi connectivity index (χ4v) is 5.91. The van der Waals surface area contributed by atoms with Gasteiger partial charge in [0.15, 0.2) is 5.69 Å². The van der Waals surface area contributed by atoms with Crippen molar-refractivity contribution in [1.82, 2.24) is 14.7 Å². The van der Waals surface area contributed by atoms with E-state index in [0.29, 0.717) is 30.6 Å². The molecular formula is C31H29F4N5O2. The van der Waals surface area contributed by atoms with Crippen LogP contribution in [0, 0.1) is 5.82 Å². The van der Waals surface area contributed by atoms with Gasteiger partial charge in [0.05, 0.1) is 17.5 Å². The molecule has 1 fully saturated rings. The van der Waals surface area contributed by atoms with Crippen molar-refractivity contribution in [3.8, 4) is 16.8 Å². The van der Waals surface area contributed by atoms with Gasteiger partial charge in [-0.2, -0.15) is 18.3 Å². The van der Waals surface area contributed by atoms with E-state index < -0.39 is 23.6 Å². The topological polar surface area (TPSA) is 87.6 Å². The van der Waals surface area contributed by atoms with Crippen molar-refractivity contribution in [3.05, 3.63) is 101 Å². The molecule has 6 rings (SSSR count). The van der Waals surface area contributed by atoms with Crippen LogP contribution in [0.2, 0.25) is 0 Å². The second kappa shape index (κ2) is 11.0. The Bertz CT molecular complexity index is 1650. The molecule has 218 valence electrons. The largest absolute Gasteiger partial charge is 0.435 e. The highest BCUT2D eigenvalue weighted by molar-refractivity contribution is 6.08. The molecule has 0 spiro atoms. The summed E-state index contributed by atoms with van der Waals surface area (Å²) in [7, 11) is 0. The molecule has 3 N–H and O–H groups in total. The number of aliphatic hydroxyl groups is 1. The number of β-amino-alcohol motifs (C(OH)–C–C–N with tert-alkyl or cyclic N) is 1. The number of para-hydroxylation sites is 1. The van der Waals surface area contributed by atoms with Gasteiger partial charge in [0.2, 0.25) is 0 Å². The standard InChI is InChI=1S/C31H29F4N5O2/c32-25-15-19(23-7-3-1-6-21(23)17-38-13-11-22(41)18-38)9-10-27(25)39-14-12-24-28(30(39)42)40(37-29(24)31(33,34)35)26-8-4-2-5-20(26)16-36/h1-10,15,22,41H,11-14,16-18,36H2/t22-/m1/s1. The number of carbonyl (C=O) groups is 1. The number of amides is 1. The third-order valence-corrected chi connectivity index (χ3v) is 7.93. The fourth-order valence-electron chi connectivity index (χ4n) is 5.91. The van der Waals surface area contributed by atoms with Gasteiger partial charge < -0.3 is 15.7 Å². The number of hydrogen-bond donors (Lipinski definition) is 2. The van der Waals surface area contributed by atoms with Gasteiger partial charge in [0.1, 0.15) is 11.5 Å². The van der Waals surface area contributed by atoms with Crippen LogP contribution >= 0.6 is 0 Å². The number of carbonyl (C=O) groups excluding carboxylic acids is 1. The summed E-state index contributed by atoms with van der Waals surface area (Å²) in [5.74, 6) is -1.44. The molecule has 11 heteroatoms. The maximum absolute atomic E-state index is 15.7. The summed E-state index contributed by atoms with van der Waals surface area (Å²) in [4.78, 5) is 17.1. The van der Waals surface area contributed by atoms with Gasteiger partial charge in [-0.15, -0.1) is 0 Å². The van der Waals surface area contributed by atoms with Gasteiger partial charge >= 0.3 is 6.18 Å². The van der Waals surface area contributed by atoms with Crippen LogP contribution < -0.4 is 10.6 Å². The number of fused-ring (bicyclic) bond motifs is 1. The summed E-state index contributed by atoms with van der Waals surface area (Å²) in [6.07, 6.45) is -4.57. The van der Waals surface area contributed by atoms with Crippen LogP contribution in [0.15, 0.2) is 66.7 Å². The SMILES string of the molecule is NCc1ccccc1-n1nc(C(F)(F)F)c2c1C(=O)N(c1ccc(-c3ccccc3CN3CC[C@@H](O)C3)cc1F)CC2. The zero-order chi connectivity index (χ0) is 29.6. The van der Waals surface area contributed by atoms with E-state index in [9.17, 15) is 23.1 Å². The Hall–Kier alpha value is -4.06. The number of benzene rings is 3. The number of alkyl halides is 3. The Balaban J connectivity index is 1.36. The molecule has 3 aromatic carbocycles. The zero-order valence-corrected chi connectivity index (χ0v) is 22.6. The first kappa shape index (κ1) is 28.1. The van der Waals surface area contributed by atoms with E-state index in [4.69, 9.17) is 5.73 Å². The molecule has 4 aromatic rings. The summed E-state index contributed by atoms with van der Waals surface area (Å²) in [5.41, 5.74) is 7.39. The van der Waals surface area contributed by atoms with Crippen LogP contribution in [-0.4, -0.2) is 51.4 Å². The highest BCUT2D eigenvalue weighted by atomic mass is 19.4. The second-order valence-corrected chi connectivity index (χ2v) is 10.6. The number of likely N-dealkylation sites (tertiary alicyclic amines) is 1. The smallest absolute Gasteiger partial charge is 0.392 e. The van der Waals surface area contributed by atoms with Gasteiger partial charge in [-0.3, -0.25) is 9.69 Å². The first-order valence-electron chi connectivity index (χ1n) is 13.7. The fraction of sp³-hybridized carbons (Fsp3) is 0.290. The van der Waals surface area contributed by atoms with Crippen molar-refractivity contribution < 1.29 is 27.5 Å². The van der Waals surface area contributed by atoms with E-state index in [1.165, 1.54) is 17.0 Å². The van der Waals surface area contributed by atoms with Crippen LogP contribution in [0.1, 0.15) is 39.3 Å². The van der Waals surface area contributed by atoms with E-state index in [1.54, 1.807) is 30.3 Å². The first-order valence-corrected chi connectivity index (χ1v) is 13.7. The van der Waals surface area contributed by atoms with E-state index in [2.05, 4.69) is 10.00 Å². The molecule has 0 bridgehead atoms. The summed E-state index contributed by atoms with van der Waals surface area (Å²) < 4.78 is 58.7. The van der Waals surface area contributed by atoms with Crippen LogP contribution in [0.4, 0.5) is 23.2 Å². The van der Waals surface area contributed by atoms with Crippen molar-refractivity contribution in [3.63, 3.8) is 0 Å². The predicted octanol–water partition coefficient (Wildman–Crippen LogP) is 4.93. The lowest BCUT2D eigenvalue weighted by Gasteiger charge is -2.28. The molecule has 3 heterocycles. The number of nitrogens with zero attached hydrogens (tertiary/aromatic N) is 4. The molecule has 1 atom stereocenters. The molecule has 1 aromatic heterocycles. The van der Waals surface area contributed by atoms with Gasteiger partial charge in [0, 0.05) is 38.3 Å². The molecule has 0 radical (unpaired) electrons. The number of rotatable bonds is 6. The minimum Gasteiger partial charge on any atom is -0.392 e. The highest BCUT2D eigenvalue weighted by Crippen LogP contribution is 2.38. The van der Waals surface area contributed by atoms with E-state index >= 15 is 4.39 Å². The summed E-state index contributed by atoms with van der Waals surface area (Å²) in [6, 6.07) is 18.7. The highest BCUT2D eigenvalue weighted by Gasteiger charge is 2.44. The molecule has 0 unspecified atom stereocenters. The van der Waals surface area contributed by atoms with Gasteiger partial charge in [-0.05, 0) is 53.3 Å². The maximum Gasteiger partial charge on any atom is 0.435 e. The lowest BCUT2D eigenvalue weighted by Crippen LogP contribution is -2.39. The van der Waals surface area contributed by atoms with Crippen molar-refractivity contribution in [1.29, 1.82) is 0 Å². The second-order valence-electron chi connectivity index (χ2n) is 10.6. The van der Waals surface area contributed by atoms with E-state index in [1.807, 2.05) is 24.3 Å². The van der Waals surface area contributed by atoms with Crippen LogP contribution in [0.25, 0.3) is 16.8 Å². The Morgan fingerprint density at radius 1 is 0.976 bits per heavy atom. The zero-order valence-electron chi connectivity index (χ0n) is 22.6. The van der Waals surface area contributed by atoms with Crippen LogP contribution in [0.5, 0.6) is 0 Å². The molecule has 2 aliphatic heterocycles. The molecule has 0 aliphatic carbocycles. The lowest BCUT2D eigenvalue weighted by molar-refractivity contribution is -0.141. The molecular weight excluding hydrogens is 550 g/mol. The average molecular weight is 580 g/mol. The van der Waals surface area contributed by atoms with E-state index in [0.717, 1.165) is 22.4 Å². The van der Waals surface area contributed by atoms with Crippen LogP contribution in [0.3, 0.4) is 0 Å². The summed E-state index contributed by atoms with van der Waals surface area (Å²) >= 11 is 0. The summed E-state index contributed by atoms with van der Waals surface area (Å²) in [6.45, 7) is 1.83. The predicted molar refractivity (Wildman–Crippen MR) is 150 cm³/mol. The van der Waals surface area contributed by atoms with Crippen molar-refractivity contribution >= 4 is 11.6 Å². The molecule has 42 heavy (non-hydrogen) atoms. The Morgan fingerprint density at radius 2 is 1.71 bits per heavy atom. The lowest BCUT2D eigenvalue weighted by atomic mass is 9.98. The van der Waals surface area contributed by atoms with Gasteiger partial charge in [-0.1, -0.05) is 48.5 Å². The summed E-state index contributed by atoms with van der Waals surface area (Å²) in [5, 5.41) is 13.7. The average Bonchev–Trinajstić information content (AvgIpc) is 3.57. The van der Waals surface area contributed by atoms with Crippen LogP contribution in [-0.2, 0) is 25.7 Å². The molecule has 7 nitrogen and oxygen atoms in total. The number of hydrogen-bond acceptors (Lipinski definition) is 5. The first-order chi connectivity index (χ1) is 20.2. The Kier molecular flexibility index (Phi) is 7.34. The van der Waals surface area contributed by atoms with Crippen molar-refractivity contribution in [2.75, 3.05) is 24.5 Å². The molecule has 2 aliphatic rings. The third-order valence-electron chi connectivity index (χ3n) is 7.93. The van der Waals surface area contributed by atoms with Gasteiger partial charge in [-0.25, -0.2) is 9.07 Å². The number of nitrogens with two attached hydrogens (primary N) is 1. The number of aliphatic hydroxyl groups excluding tert-OH is 1. The minimum atomic E-state index is -4.77. The quantitative estimate of drug-likeness (QED) is 0.317. The maximum atomic E-state index is 15.7. The molecule has 1 saturated heterocycles.